The normalized spacial score (nSPS) is 14.6. The topological polar surface area (TPSA) is 101 Å². The van der Waals surface area contributed by atoms with E-state index >= 15 is 0 Å². The number of carbonyl (C=O) groups excluding carboxylic acids is 2. The van der Waals surface area contributed by atoms with Crippen LogP contribution in [0.5, 0.6) is 0 Å². The molecule has 31 heavy (non-hydrogen) atoms. The number of nitrogens with zero attached hydrogens (tertiary/aromatic N) is 3. The Morgan fingerprint density at radius 2 is 1.90 bits per heavy atom. The average molecular weight is 422 g/mol. The Kier molecular flexibility index (Phi) is 6.16. The van der Waals surface area contributed by atoms with Gasteiger partial charge in [0.15, 0.2) is 17.5 Å². The minimum absolute atomic E-state index is 0.0565. The second kappa shape index (κ2) is 9.16. The number of amides is 2. The van der Waals surface area contributed by atoms with Gasteiger partial charge in [-0.2, -0.15) is 0 Å². The average Bonchev–Trinajstić information content (AvgIpc) is 3.41. The standard InChI is InChI=1S/C23H26N4O4/c1-15-3-5-17(6-4-15)19-14-24-21(30-19)7-8-22(28)27-11-9-18(10-12-27)23(29)25-20-13-16(2)31-26-20/h3-6,13-14,18H,7-12H2,1-2H3,(H,25,26,29). The first-order valence-corrected chi connectivity index (χ1v) is 10.5. The molecule has 0 saturated carbocycles. The summed E-state index contributed by atoms with van der Waals surface area (Å²) in [5.41, 5.74) is 2.15. The summed E-state index contributed by atoms with van der Waals surface area (Å²) in [6.45, 7) is 4.94. The number of benzene rings is 1. The molecule has 162 valence electrons. The van der Waals surface area contributed by atoms with Crippen molar-refractivity contribution in [3.63, 3.8) is 0 Å². The molecule has 1 aromatic carbocycles. The fraction of sp³-hybridized carbons (Fsp3) is 0.391. The molecule has 1 aliphatic heterocycles. The summed E-state index contributed by atoms with van der Waals surface area (Å²) in [7, 11) is 0. The Morgan fingerprint density at radius 1 is 1.16 bits per heavy atom. The molecule has 8 heteroatoms. The molecule has 1 aliphatic rings. The zero-order valence-corrected chi connectivity index (χ0v) is 17.8. The lowest BCUT2D eigenvalue weighted by atomic mass is 9.95. The van der Waals surface area contributed by atoms with Gasteiger partial charge in [0.1, 0.15) is 5.76 Å². The van der Waals surface area contributed by atoms with Crippen molar-refractivity contribution in [2.45, 2.75) is 39.5 Å². The maximum atomic E-state index is 12.6. The number of anilines is 1. The van der Waals surface area contributed by atoms with Crippen LogP contribution < -0.4 is 5.32 Å². The molecular weight excluding hydrogens is 396 g/mol. The van der Waals surface area contributed by atoms with Gasteiger partial charge in [0.2, 0.25) is 11.8 Å². The first-order chi connectivity index (χ1) is 15.0. The van der Waals surface area contributed by atoms with Crippen LogP contribution in [0.15, 0.2) is 45.5 Å². The lowest BCUT2D eigenvalue weighted by molar-refractivity contribution is -0.134. The molecule has 3 aromatic rings. The maximum absolute atomic E-state index is 12.6. The van der Waals surface area contributed by atoms with Gasteiger partial charge in [-0.25, -0.2) is 4.98 Å². The number of piperidine rings is 1. The van der Waals surface area contributed by atoms with Crippen molar-refractivity contribution in [2.75, 3.05) is 18.4 Å². The minimum Gasteiger partial charge on any atom is -0.441 e. The molecule has 2 aromatic heterocycles. The summed E-state index contributed by atoms with van der Waals surface area (Å²) in [6, 6.07) is 9.72. The van der Waals surface area contributed by atoms with Gasteiger partial charge in [-0.15, -0.1) is 0 Å². The van der Waals surface area contributed by atoms with E-state index < -0.39 is 0 Å². The molecule has 0 atom stereocenters. The van der Waals surface area contributed by atoms with Crippen molar-refractivity contribution in [1.82, 2.24) is 15.0 Å². The van der Waals surface area contributed by atoms with E-state index in [1.54, 1.807) is 19.2 Å². The third-order valence-electron chi connectivity index (χ3n) is 5.54. The van der Waals surface area contributed by atoms with E-state index in [9.17, 15) is 9.59 Å². The minimum atomic E-state index is -0.134. The van der Waals surface area contributed by atoms with E-state index in [0.717, 1.165) is 5.56 Å². The van der Waals surface area contributed by atoms with Crippen LogP contribution in [0.25, 0.3) is 11.3 Å². The van der Waals surface area contributed by atoms with E-state index in [1.165, 1.54) is 5.56 Å². The summed E-state index contributed by atoms with van der Waals surface area (Å²) >= 11 is 0. The van der Waals surface area contributed by atoms with Gasteiger partial charge in [0, 0.05) is 43.5 Å². The Bertz CT molecular complexity index is 1050. The largest absolute Gasteiger partial charge is 0.441 e. The number of aryl methyl sites for hydroxylation is 3. The van der Waals surface area contributed by atoms with Crippen LogP contribution in [-0.4, -0.2) is 39.9 Å². The number of likely N-dealkylation sites (tertiary alicyclic amines) is 1. The molecular formula is C23H26N4O4. The molecule has 8 nitrogen and oxygen atoms in total. The molecule has 1 fully saturated rings. The predicted octanol–water partition coefficient (Wildman–Crippen LogP) is 3.76. The first-order valence-electron chi connectivity index (χ1n) is 10.5. The summed E-state index contributed by atoms with van der Waals surface area (Å²) in [5, 5.41) is 6.56. The number of carbonyl (C=O) groups is 2. The monoisotopic (exact) mass is 422 g/mol. The molecule has 1 N–H and O–H groups in total. The highest BCUT2D eigenvalue weighted by molar-refractivity contribution is 5.91. The third kappa shape index (κ3) is 5.20. The highest BCUT2D eigenvalue weighted by atomic mass is 16.5. The molecule has 3 heterocycles. The van der Waals surface area contributed by atoms with Gasteiger partial charge in [-0.1, -0.05) is 35.0 Å². The number of aromatic nitrogens is 2. The highest BCUT2D eigenvalue weighted by Gasteiger charge is 2.27. The third-order valence-corrected chi connectivity index (χ3v) is 5.54. The second-order valence-corrected chi connectivity index (χ2v) is 7.95. The number of nitrogens with one attached hydrogen (secondary N) is 1. The number of hydrogen-bond acceptors (Lipinski definition) is 6. The molecule has 0 spiro atoms. The first kappa shape index (κ1) is 20.8. The Balaban J connectivity index is 1.23. The Labute approximate surface area is 180 Å². The van der Waals surface area contributed by atoms with E-state index in [4.69, 9.17) is 8.94 Å². The number of oxazole rings is 1. The number of hydrogen-bond donors (Lipinski definition) is 1. The van der Waals surface area contributed by atoms with Crippen LogP contribution in [0.1, 0.15) is 36.5 Å². The number of rotatable bonds is 6. The summed E-state index contributed by atoms with van der Waals surface area (Å²) < 4.78 is 10.8. The van der Waals surface area contributed by atoms with Crippen molar-refractivity contribution in [3.05, 3.63) is 53.7 Å². The smallest absolute Gasteiger partial charge is 0.228 e. The molecule has 0 bridgehead atoms. The van der Waals surface area contributed by atoms with E-state index in [1.807, 2.05) is 36.1 Å². The zero-order valence-electron chi connectivity index (χ0n) is 17.8. The van der Waals surface area contributed by atoms with Crippen LogP contribution in [0, 0.1) is 19.8 Å². The fourth-order valence-electron chi connectivity index (χ4n) is 3.69. The molecule has 0 unspecified atom stereocenters. The van der Waals surface area contributed by atoms with Gasteiger partial charge < -0.3 is 19.2 Å². The van der Waals surface area contributed by atoms with Crippen LogP contribution in [-0.2, 0) is 16.0 Å². The van der Waals surface area contributed by atoms with E-state index in [-0.39, 0.29) is 17.7 Å². The predicted molar refractivity (Wildman–Crippen MR) is 114 cm³/mol. The highest BCUT2D eigenvalue weighted by Crippen LogP contribution is 2.23. The summed E-state index contributed by atoms with van der Waals surface area (Å²) in [6.07, 6.45) is 3.75. The Morgan fingerprint density at radius 3 is 2.58 bits per heavy atom. The second-order valence-electron chi connectivity index (χ2n) is 7.95. The Hall–Kier alpha value is -3.42. The molecule has 1 saturated heterocycles. The van der Waals surface area contributed by atoms with Crippen LogP contribution >= 0.6 is 0 Å². The summed E-state index contributed by atoms with van der Waals surface area (Å²) in [5.74, 6) is 2.18. The van der Waals surface area contributed by atoms with Crippen molar-refractivity contribution in [1.29, 1.82) is 0 Å². The van der Waals surface area contributed by atoms with Crippen LogP contribution in [0.2, 0.25) is 0 Å². The molecule has 0 radical (unpaired) electrons. The summed E-state index contributed by atoms with van der Waals surface area (Å²) in [4.78, 5) is 31.1. The van der Waals surface area contributed by atoms with Crippen molar-refractivity contribution >= 4 is 17.6 Å². The van der Waals surface area contributed by atoms with Crippen molar-refractivity contribution < 1.29 is 18.5 Å². The van der Waals surface area contributed by atoms with Gasteiger partial charge in [0.05, 0.1) is 6.20 Å². The van der Waals surface area contributed by atoms with Crippen molar-refractivity contribution in [2.24, 2.45) is 5.92 Å². The maximum Gasteiger partial charge on any atom is 0.228 e. The quantitative estimate of drug-likeness (QED) is 0.649. The van der Waals surface area contributed by atoms with Crippen LogP contribution in [0.4, 0.5) is 5.82 Å². The fourth-order valence-corrected chi connectivity index (χ4v) is 3.69. The SMILES string of the molecule is Cc1ccc(-c2cnc(CCC(=O)N3CCC(C(=O)Nc4cc(C)on4)CC3)o2)cc1. The van der Waals surface area contributed by atoms with E-state index in [2.05, 4.69) is 15.5 Å². The van der Waals surface area contributed by atoms with Gasteiger partial charge in [0.25, 0.3) is 0 Å². The van der Waals surface area contributed by atoms with Gasteiger partial charge in [-0.3, -0.25) is 9.59 Å². The van der Waals surface area contributed by atoms with Gasteiger partial charge in [-0.05, 0) is 26.7 Å². The lowest BCUT2D eigenvalue weighted by Crippen LogP contribution is -2.41. The zero-order chi connectivity index (χ0) is 21.8. The van der Waals surface area contributed by atoms with Gasteiger partial charge >= 0.3 is 0 Å². The molecule has 0 aliphatic carbocycles. The molecule has 4 rings (SSSR count). The van der Waals surface area contributed by atoms with Crippen molar-refractivity contribution in [3.8, 4) is 11.3 Å². The van der Waals surface area contributed by atoms with E-state index in [0.29, 0.717) is 62.0 Å². The lowest BCUT2D eigenvalue weighted by Gasteiger charge is -2.31. The molecule has 2 amide bonds. The van der Waals surface area contributed by atoms with Crippen LogP contribution in [0.3, 0.4) is 0 Å².